The molecule has 3 nitrogen and oxygen atoms in total. The van der Waals surface area contributed by atoms with E-state index in [1.54, 1.807) is 0 Å². The average Bonchev–Trinajstić information content (AvgIpc) is 3.36. The molecular weight excluding hydrogens is 308 g/mol. The van der Waals surface area contributed by atoms with Crippen molar-refractivity contribution in [3.8, 4) is 11.8 Å². The summed E-state index contributed by atoms with van der Waals surface area (Å²) >= 11 is 0. The summed E-state index contributed by atoms with van der Waals surface area (Å²) in [6, 6.07) is 15.3. The third-order valence-electron chi connectivity index (χ3n) is 5.46. The van der Waals surface area contributed by atoms with E-state index in [9.17, 15) is 0 Å². The van der Waals surface area contributed by atoms with Gasteiger partial charge in [-0.3, -0.25) is 0 Å². The van der Waals surface area contributed by atoms with Gasteiger partial charge in [-0.05, 0) is 48.9 Å². The summed E-state index contributed by atoms with van der Waals surface area (Å²) in [6.07, 6.45) is 4.60. The molecule has 2 aromatic carbocycles. The molecule has 3 heteroatoms. The molecule has 2 heterocycles. The number of nitrogens with zero attached hydrogens (tertiary/aromatic N) is 2. The van der Waals surface area contributed by atoms with E-state index in [0.717, 1.165) is 22.4 Å². The average molecular weight is 328 g/mol. The van der Waals surface area contributed by atoms with Crippen molar-refractivity contribution in [1.82, 2.24) is 9.78 Å². The number of hydrogen-bond acceptors (Lipinski definition) is 2. The quantitative estimate of drug-likeness (QED) is 0.678. The lowest BCUT2D eigenvalue weighted by molar-refractivity contribution is -0.0799. The van der Waals surface area contributed by atoms with E-state index in [1.165, 1.54) is 24.0 Å². The Balaban J connectivity index is 1.63. The summed E-state index contributed by atoms with van der Waals surface area (Å²) in [5.74, 6) is 6.96. The maximum absolute atomic E-state index is 5.64. The molecule has 1 saturated heterocycles. The van der Waals surface area contributed by atoms with Gasteiger partial charge in [0.25, 0.3) is 0 Å². The van der Waals surface area contributed by atoms with Crippen molar-refractivity contribution in [2.75, 3.05) is 13.2 Å². The van der Waals surface area contributed by atoms with Gasteiger partial charge in [0, 0.05) is 10.9 Å². The van der Waals surface area contributed by atoms with E-state index in [2.05, 4.69) is 59.0 Å². The highest BCUT2D eigenvalue weighted by Gasteiger charge is 2.44. The summed E-state index contributed by atoms with van der Waals surface area (Å²) in [7, 11) is 0. The van der Waals surface area contributed by atoms with Gasteiger partial charge < -0.3 is 4.74 Å². The highest BCUT2D eigenvalue weighted by atomic mass is 16.5. The SMILES string of the molecule is CC#Cc1cccc2c1cnn2C1(c2ccc(C3CC3)cc2)COC1. The monoisotopic (exact) mass is 328 g/mol. The molecule has 5 rings (SSSR count). The number of ether oxygens (including phenoxy) is 1. The molecule has 2 fully saturated rings. The Labute approximate surface area is 147 Å². The lowest BCUT2D eigenvalue weighted by Crippen LogP contribution is -2.53. The van der Waals surface area contributed by atoms with E-state index in [-0.39, 0.29) is 5.54 Å². The second kappa shape index (κ2) is 5.47. The first-order valence-electron chi connectivity index (χ1n) is 8.90. The Kier molecular flexibility index (Phi) is 3.23. The molecule has 0 atom stereocenters. The predicted octanol–water partition coefficient (Wildman–Crippen LogP) is 4.06. The van der Waals surface area contributed by atoms with Crippen LogP contribution in [0, 0.1) is 11.8 Å². The van der Waals surface area contributed by atoms with E-state index < -0.39 is 0 Å². The highest BCUT2D eigenvalue weighted by molar-refractivity contribution is 5.85. The van der Waals surface area contributed by atoms with Crippen molar-refractivity contribution >= 4 is 10.9 Å². The van der Waals surface area contributed by atoms with Crippen LogP contribution in [0.3, 0.4) is 0 Å². The summed E-state index contributed by atoms with van der Waals surface area (Å²) < 4.78 is 7.78. The number of aromatic nitrogens is 2. The van der Waals surface area contributed by atoms with Gasteiger partial charge in [-0.25, -0.2) is 4.68 Å². The van der Waals surface area contributed by atoms with Crippen LogP contribution in [0.5, 0.6) is 0 Å². The molecule has 3 aromatic rings. The molecule has 0 amide bonds. The number of hydrogen-bond donors (Lipinski definition) is 0. The fraction of sp³-hybridized carbons (Fsp3) is 0.318. The van der Waals surface area contributed by atoms with Crippen molar-refractivity contribution < 1.29 is 4.74 Å². The molecule has 0 radical (unpaired) electrons. The summed E-state index contributed by atoms with van der Waals surface area (Å²) in [5.41, 5.74) is 4.69. The molecule has 124 valence electrons. The van der Waals surface area contributed by atoms with E-state index in [1.807, 2.05) is 13.1 Å². The van der Waals surface area contributed by atoms with Crippen LogP contribution < -0.4 is 0 Å². The van der Waals surface area contributed by atoms with Gasteiger partial charge in [0.15, 0.2) is 0 Å². The van der Waals surface area contributed by atoms with Crippen LogP contribution in [0.4, 0.5) is 0 Å². The summed E-state index contributed by atoms with van der Waals surface area (Å²) in [5, 5.41) is 5.86. The van der Waals surface area contributed by atoms with Gasteiger partial charge in [0.2, 0.25) is 0 Å². The highest BCUT2D eigenvalue weighted by Crippen LogP contribution is 2.42. The predicted molar refractivity (Wildman–Crippen MR) is 98.6 cm³/mol. The molecule has 1 saturated carbocycles. The first-order valence-corrected chi connectivity index (χ1v) is 8.90. The normalized spacial score (nSPS) is 18.4. The van der Waals surface area contributed by atoms with Crippen molar-refractivity contribution in [3.63, 3.8) is 0 Å². The minimum absolute atomic E-state index is 0.206. The Bertz CT molecular complexity index is 996. The van der Waals surface area contributed by atoms with Crippen LogP contribution in [0.2, 0.25) is 0 Å². The second-order valence-corrected chi connectivity index (χ2v) is 7.09. The van der Waals surface area contributed by atoms with Crippen LogP contribution in [-0.2, 0) is 10.3 Å². The molecule has 0 spiro atoms. The van der Waals surface area contributed by atoms with Crippen LogP contribution >= 0.6 is 0 Å². The minimum atomic E-state index is -0.206. The lowest BCUT2D eigenvalue weighted by atomic mass is 9.87. The van der Waals surface area contributed by atoms with E-state index >= 15 is 0 Å². The van der Waals surface area contributed by atoms with Gasteiger partial charge in [0.1, 0.15) is 5.54 Å². The molecule has 2 aliphatic rings. The van der Waals surface area contributed by atoms with Gasteiger partial charge >= 0.3 is 0 Å². The van der Waals surface area contributed by atoms with Gasteiger partial charge in [-0.1, -0.05) is 36.3 Å². The van der Waals surface area contributed by atoms with Crippen LogP contribution in [0.15, 0.2) is 48.7 Å². The maximum Gasteiger partial charge on any atom is 0.135 e. The van der Waals surface area contributed by atoms with Gasteiger partial charge in [0.05, 0.1) is 24.9 Å². The molecule has 25 heavy (non-hydrogen) atoms. The smallest absolute Gasteiger partial charge is 0.135 e. The first kappa shape index (κ1) is 14.7. The molecule has 0 unspecified atom stereocenters. The fourth-order valence-electron chi connectivity index (χ4n) is 3.82. The Morgan fingerprint density at radius 3 is 2.56 bits per heavy atom. The Morgan fingerprint density at radius 2 is 1.92 bits per heavy atom. The van der Waals surface area contributed by atoms with Gasteiger partial charge in [-0.2, -0.15) is 5.10 Å². The van der Waals surface area contributed by atoms with Crippen molar-refractivity contribution in [2.45, 2.75) is 31.2 Å². The van der Waals surface area contributed by atoms with E-state index in [4.69, 9.17) is 9.84 Å². The summed E-state index contributed by atoms with van der Waals surface area (Å²) in [4.78, 5) is 0. The molecule has 0 bridgehead atoms. The summed E-state index contributed by atoms with van der Waals surface area (Å²) in [6.45, 7) is 3.19. The largest absolute Gasteiger partial charge is 0.375 e. The zero-order valence-electron chi connectivity index (χ0n) is 14.3. The van der Waals surface area contributed by atoms with Crippen molar-refractivity contribution in [1.29, 1.82) is 0 Å². The van der Waals surface area contributed by atoms with Crippen LogP contribution in [0.1, 0.15) is 42.4 Å². The second-order valence-electron chi connectivity index (χ2n) is 7.09. The third kappa shape index (κ3) is 2.22. The number of rotatable bonds is 3. The Hall–Kier alpha value is -2.57. The standard InChI is InChI=1S/C22H20N2O/c1-2-4-18-5-3-6-21-20(18)13-23-24(21)22(14-25-15-22)19-11-9-17(10-12-19)16-7-8-16/h3,5-6,9-13,16H,7-8,14-15H2,1H3. The fourth-order valence-corrected chi connectivity index (χ4v) is 3.82. The maximum atomic E-state index is 5.64. The molecule has 0 N–H and O–H groups in total. The topological polar surface area (TPSA) is 27.1 Å². The van der Waals surface area contributed by atoms with Crippen molar-refractivity contribution in [2.24, 2.45) is 0 Å². The Morgan fingerprint density at radius 1 is 1.12 bits per heavy atom. The molecule has 1 aromatic heterocycles. The molecule has 1 aliphatic heterocycles. The third-order valence-corrected chi connectivity index (χ3v) is 5.46. The first-order chi connectivity index (χ1) is 12.3. The van der Waals surface area contributed by atoms with E-state index in [0.29, 0.717) is 13.2 Å². The van der Waals surface area contributed by atoms with Crippen LogP contribution in [-0.4, -0.2) is 23.0 Å². The lowest BCUT2D eigenvalue weighted by Gasteiger charge is -2.42. The number of benzene rings is 2. The van der Waals surface area contributed by atoms with Crippen molar-refractivity contribution in [3.05, 3.63) is 65.4 Å². The zero-order valence-corrected chi connectivity index (χ0v) is 14.3. The number of fused-ring (bicyclic) bond motifs is 1. The molecule has 1 aliphatic carbocycles. The molecular formula is C22H20N2O. The van der Waals surface area contributed by atoms with Crippen LogP contribution in [0.25, 0.3) is 10.9 Å². The van der Waals surface area contributed by atoms with Gasteiger partial charge in [-0.15, -0.1) is 5.92 Å². The minimum Gasteiger partial charge on any atom is -0.375 e. The zero-order chi connectivity index (χ0) is 16.9.